The molecule has 40 heavy (non-hydrogen) atoms. The van der Waals surface area contributed by atoms with E-state index >= 15 is 0 Å². The first-order valence-electron chi connectivity index (χ1n) is 13.0. The van der Waals surface area contributed by atoms with Crippen molar-refractivity contribution in [3.8, 4) is 16.9 Å². The highest BCUT2D eigenvalue weighted by Crippen LogP contribution is 2.31. The Morgan fingerprint density at radius 2 is 1.62 bits per heavy atom. The number of rotatable bonds is 5. The summed E-state index contributed by atoms with van der Waals surface area (Å²) in [6.07, 6.45) is 5.75. The first kappa shape index (κ1) is 25.5. The van der Waals surface area contributed by atoms with Crippen LogP contribution in [0.15, 0.2) is 107 Å². The topological polar surface area (TPSA) is 66.1 Å². The van der Waals surface area contributed by atoms with Crippen LogP contribution >= 0.6 is 11.3 Å². The summed E-state index contributed by atoms with van der Waals surface area (Å²) in [5.74, 6) is -0.442. The number of fused-ring (bicyclic) bond motifs is 1. The number of methoxy groups -OCH3 is 1. The molecule has 2 aromatic heterocycles. The largest absolute Gasteiger partial charge is 0.466 e. The quantitative estimate of drug-likeness (QED) is 0.299. The second-order valence-corrected chi connectivity index (χ2v) is 10.8. The lowest BCUT2D eigenvalue weighted by molar-refractivity contribution is -0.136. The summed E-state index contributed by atoms with van der Waals surface area (Å²) in [6, 6.07) is 27.1. The van der Waals surface area contributed by atoms with Gasteiger partial charge in [-0.05, 0) is 49.3 Å². The van der Waals surface area contributed by atoms with Gasteiger partial charge in [-0.3, -0.25) is 9.36 Å². The molecule has 0 bridgehead atoms. The van der Waals surface area contributed by atoms with E-state index in [1.54, 1.807) is 4.57 Å². The van der Waals surface area contributed by atoms with Crippen molar-refractivity contribution in [1.29, 1.82) is 0 Å². The van der Waals surface area contributed by atoms with E-state index in [2.05, 4.69) is 19.1 Å². The molecule has 1 unspecified atom stereocenters. The van der Waals surface area contributed by atoms with Crippen LogP contribution in [-0.4, -0.2) is 27.4 Å². The molecule has 0 amide bonds. The molecule has 1 aliphatic heterocycles. The Morgan fingerprint density at radius 1 is 0.950 bits per heavy atom. The van der Waals surface area contributed by atoms with Crippen molar-refractivity contribution in [2.75, 3.05) is 7.11 Å². The van der Waals surface area contributed by atoms with Crippen LogP contribution in [0.3, 0.4) is 0 Å². The molecule has 1 aliphatic rings. The minimum Gasteiger partial charge on any atom is -0.466 e. The molecular formula is C33H27N3O3S. The zero-order valence-corrected chi connectivity index (χ0v) is 23.2. The monoisotopic (exact) mass is 545 g/mol. The first-order chi connectivity index (χ1) is 19.4. The molecule has 5 aromatic rings. The summed E-state index contributed by atoms with van der Waals surface area (Å²) in [4.78, 5) is 27.0. The summed E-state index contributed by atoms with van der Waals surface area (Å²) in [5.41, 5.74) is 6.60. The maximum absolute atomic E-state index is 14.1. The maximum Gasteiger partial charge on any atom is 0.336 e. The molecule has 3 aromatic carbocycles. The second-order valence-electron chi connectivity index (χ2n) is 9.75. The Hall–Kier alpha value is -4.75. The summed E-state index contributed by atoms with van der Waals surface area (Å²) in [5, 5.41) is 4.91. The Kier molecular flexibility index (Phi) is 6.66. The van der Waals surface area contributed by atoms with Crippen LogP contribution in [0.5, 0.6) is 0 Å². The van der Waals surface area contributed by atoms with Gasteiger partial charge in [-0.25, -0.2) is 9.48 Å². The number of hydrogen-bond acceptors (Lipinski definition) is 5. The van der Waals surface area contributed by atoms with Crippen LogP contribution in [0.25, 0.3) is 29.1 Å². The number of hydrogen-bond donors (Lipinski definition) is 0. The number of aryl methyl sites for hydroxylation is 1. The molecule has 0 saturated heterocycles. The number of carbonyl (C=O) groups is 1. The van der Waals surface area contributed by atoms with Gasteiger partial charge in [-0.2, -0.15) is 5.10 Å². The van der Waals surface area contributed by atoms with Gasteiger partial charge in [-0.15, -0.1) is 11.3 Å². The average Bonchev–Trinajstić information content (AvgIpc) is 3.54. The molecule has 1 atom stereocenters. The van der Waals surface area contributed by atoms with Gasteiger partial charge in [0.05, 0.1) is 39.3 Å². The third-order valence-electron chi connectivity index (χ3n) is 7.07. The molecule has 0 N–H and O–H groups in total. The van der Waals surface area contributed by atoms with E-state index in [4.69, 9.17) is 9.84 Å². The van der Waals surface area contributed by atoms with Crippen molar-refractivity contribution in [3.63, 3.8) is 0 Å². The number of carbonyl (C=O) groups excluding carboxylic acids is 1. The number of thiazole rings is 1. The highest BCUT2D eigenvalue weighted by Gasteiger charge is 2.31. The van der Waals surface area contributed by atoms with Crippen LogP contribution in [0.1, 0.15) is 29.7 Å². The predicted molar refractivity (Wildman–Crippen MR) is 159 cm³/mol. The molecule has 0 aliphatic carbocycles. The zero-order chi connectivity index (χ0) is 27.8. The Bertz CT molecular complexity index is 1930. The molecule has 0 saturated carbocycles. The molecule has 6 nitrogen and oxygen atoms in total. The fraction of sp³-hybridized carbons (Fsp3) is 0.121. The molecule has 0 fully saturated rings. The SMILES string of the molecule is COC(=O)C1=C(C)C=c2s/c(=C\c3cn(-c4ccccc4)nc3-c3ccc(C)cc3)c(=O)n2C1c1ccccc1. The van der Waals surface area contributed by atoms with Crippen LogP contribution in [0.4, 0.5) is 0 Å². The highest BCUT2D eigenvalue weighted by molar-refractivity contribution is 7.07. The normalized spacial score (nSPS) is 15.1. The van der Waals surface area contributed by atoms with Crippen LogP contribution in [-0.2, 0) is 9.53 Å². The van der Waals surface area contributed by atoms with Crippen LogP contribution < -0.4 is 14.8 Å². The molecule has 3 heterocycles. The van der Waals surface area contributed by atoms with E-state index in [-0.39, 0.29) is 5.56 Å². The second kappa shape index (κ2) is 10.4. The number of benzene rings is 3. The van der Waals surface area contributed by atoms with Gasteiger partial charge in [0.2, 0.25) is 0 Å². The third-order valence-corrected chi connectivity index (χ3v) is 8.11. The number of allylic oxidation sites excluding steroid dienone is 1. The van der Waals surface area contributed by atoms with Crippen molar-refractivity contribution >= 4 is 29.5 Å². The van der Waals surface area contributed by atoms with E-state index in [1.165, 1.54) is 18.4 Å². The van der Waals surface area contributed by atoms with Gasteiger partial charge in [0.25, 0.3) is 5.56 Å². The van der Waals surface area contributed by atoms with E-state index in [0.717, 1.165) is 43.9 Å². The molecule has 0 radical (unpaired) electrons. The Labute approximate surface area is 235 Å². The molecule has 6 rings (SSSR count). The van der Waals surface area contributed by atoms with Crippen molar-refractivity contribution in [2.24, 2.45) is 0 Å². The molecule has 198 valence electrons. The number of aromatic nitrogens is 3. The Morgan fingerprint density at radius 3 is 2.30 bits per heavy atom. The molecule has 0 spiro atoms. The van der Waals surface area contributed by atoms with Crippen LogP contribution in [0.2, 0.25) is 0 Å². The van der Waals surface area contributed by atoms with Crippen molar-refractivity contribution < 1.29 is 9.53 Å². The van der Waals surface area contributed by atoms with Gasteiger partial charge in [0.1, 0.15) is 0 Å². The minimum atomic E-state index is -0.580. The van der Waals surface area contributed by atoms with E-state index in [0.29, 0.717) is 10.1 Å². The smallest absolute Gasteiger partial charge is 0.336 e. The first-order valence-corrected chi connectivity index (χ1v) is 13.8. The lowest BCUT2D eigenvalue weighted by Crippen LogP contribution is -2.39. The van der Waals surface area contributed by atoms with Gasteiger partial charge in [-0.1, -0.05) is 78.4 Å². The number of nitrogens with zero attached hydrogens (tertiary/aromatic N) is 3. The lowest BCUT2D eigenvalue weighted by atomic mass is 9.92. The summed E-state index contributed by atoms with van der Waals surface area (Å²) in [6.45, 7) is 3.94. The van der Waals surface area contributed by atoms with E-state index in [9.17, 15) is 9.59 Å². The fourth-order valence-electron chi connectivity index (χ4n) is 5.08. The van der Waals surface area contributed by atoms with Crippen LogP contribution in [0, 0.1) is 6.92 Å². The van der Waals surface area contributed by atoms with E-state index < -0.39 is 12.0 Å². The van der Waals surface area contributed by atoms with Gasteiger partial charge in [0, 0.05) is 17.3 Å². The Balaban J connectivity index is 1.57. The van der Waals surface area contributed by atoms with Gasteiger partial charge < -0.3 is 4.74 Å². The fourth-order valence-corrected chi connectivity index (χ4v) is 6.20. The highest BCUT2D eigenvalue weighted by atomic mass is 32.1. The minimum absolute atomic E-state index is 0.165. The number of para-hydroxylation sites is 1. The lowest BCUT2D eigenvalue weighted by Gasteiger charge is -2.25. The van der Waals surface area contributed by atoms with Gasteiger partial charge >= 0.3 is 5.97 Å². The molecular weight excluding hydrogens is 518 g/mol. The van der Waals surface area contributed by atoms with Gasteiger partial charge in [0.15, 0.2) is 0 Å². The zero-order valence-electron chi connectivity index (χ0n) is 22.4. The summed E-state index contributed by atoms with van der Waals surface area (Å²) < 4.78 is 10.0. The molecule has 7 heteroatoms. The summed E-state index contributed by atoms with van der Waals surface area (Å²) >= 11 is 1.41. The van der Waals surface area contributed by atoms with E-state index in [1.807, 2.05) is 103 Å². The van der Waals surface area contributed by atoms with Crippen molar-refractivity contribution in [1.82, 2.24) is 14.3 Å². The van der Waals surface area contributed by atoms with Crippen molar-refractivity contribution in [3.05, 3.63) is 139 Å². The average molecular weight is 546 g/mol. The maximum atomic E-state index is 14.1. The van der Waals surface area contributed by atoms with Crippen molar-refractivity contribution in [2.45, 2.75) is 19.9 Å². The number of ether oxygens (including phenoxy) is 1. The standard InChI is InChI=1S/C33H27N3O3S/c1-21-14-16-23(17-15-21)30-25(20-35(34-30)26-12-8-5-9-13-26)19-27-32(37)36-28(40-27)18-22(2)29(33(38)39-3)31(36)24-10-6-4-7-11-24/h4-20,31H,1-3H3/b27-19-. The predicted octanol–water partition coefficient (Wildman–Crippen LogP) is 4.77. The third kappa shape index (κ3) is 4.54. The number of esters is 1. The summed E-state index contributed by atoms with van der Waals surface area (Å²) in [7, 11) is 1.37.